The molecule has 0 radical (unpaired) electrons. The van der Waals surface area contributed by atoms with Crippen LogP contribution in [0, 0.1) is 0 Å². The zero-order valence-electron chi connectivity index (χ0n) is 14.5. The lowest BCUT2D eigenvalue weighted by Crippen LogP contribution is -2.40. The van der Waals surface area contributed by atoms with Gasteiger partial charge in [-0.2, -0.15) is 4.98 Å². The number of methoxy groups -OCH3 is 1. The Bertz CT molecular complexity index is 1110. The quantitative estimate of drug-likeness (QED) is 0.688. The maximum absolute atomic E-state index is 12.9. The van der Waals surface area contributed by atoms with Crippen LogP contribution in [-0.4, -0.2) is 38.9 Å². The van der Waals surface area contributed by atoms with E-state index in [1.54, 1.807) is 7.05 Å². The average Bonchev–Trinajstić information content (AvgIpc) is 3.19. The third-order valence-corrected chi connectivity index (χ3v) is 4.87. The van der Waals surface area contributed by atoms with Crippen LogP contribution in [-0.2, 0) is 24.9 Å². The molecule has 0 N–H and O–H groups in total. The van der Waals surface area contributed by atoms with Gasteiger partial charge in [0.05, 0.1) is 13.2 Å². The Balaban J connectivity index is 1.92. The van der Waals surface area contributed by atoms with Gasteiger partial charge in [0, 0.05) is 38.0 Å². The first-order valence-electron chi connectivity index (χ1n) is 8.25. The van der Waals surface area contributed by atoms with E-state index in [1.165, 1.54) is 16.2 Å². The van der Waals surface area contributed by atoms with E-state index in [0.717, 1.165) is 5.69 Å². The highest BCUT2D eigenvalue weighted by molar-refractivity contribution is 6.30. The van der Waals surface area contributed by atoms with Crippen molar-refractivity contribution < 1.29 is 4.74 Å². The fourth-order valence-corrected chi connectivity index (χ4v) is 3.53. The second-order valence-electron chi connectivity index (χ2n) is 6.16. The molecule has 0 unspecified atom stereocenters. The van der Waals surface area contributed by atoms with Crippen molar-refractivity contribution in [2.75, 3.05) is 25.2 Å². The van der Waals surface area contributed by atoms with Crippen LogP contribution >= 0.6 is 11.6 Å². The van der Waals surface area contributed by atoms with E-state index in [9.17, 15) is 9.59 Å². The Morgan fingerprint density at radius 3 is 2.81 bits per heavy atom. The van der Waals surface area contributed by atoms with Crippen LogP contribution in [0.4, 0.5) is 11.6 Å². The number of benzene rings is 1. The van der Waals surface area contributed by atoms with E-state index in [4.69, 9.17) is 16.3 Å². The molecular formula is C17H18ClN5O3. The third kappa shape index (κ3) is 2.45. The molecule has 0 amide bonds. The summed E-state index contributed by atoms with van der Waals surface area (Å²) in [4.78, 5) is 32.0. The van der Waals surface area contributed by atoms with Gasteiger partial charge < -0.3 is 14.2 Å². The lowest BCUT2D eigenvalue weighted by Gasteiger charge is -2.16. The Kier molecular flexibility index (Phi) is 4.08. The van der Waals surface area contributed by atoms with E-state index < -0.39 is 5.69 Å². The topological polar surface area (TPSA) is 74.3 Å². The summed E-state index contributed by atoms with van der Waals surface area (Å²) in [5.74, 6) is 0.638. The van der Waals surface area contributed by atoms with Crippen molar-refractivity contribution in [2.45, 2.75) is 13.1 Å². The predicted octanol–water partition coefficient (Wildman–Crippen LogP) is 1.35. The van der Waals surface area contributed by atoms with Gasteiger partial charge in [0.25, 0.3) is 5.56 Å². The molecule has 9 heteroatoms. The molecule has 0 bridgehead atoms. The number of fused-ring (bicyclic) bond motifs is 3. The summed E-state index contributed by atoms with van der Waals surface area (Å²) in [5, 5.41) is 0.631. The minimum Gasteiger partial charge on any atom is -0.383 e. The number of halogens is 1. The first kappa shape index (κ1) is 16.9. The fourth-order valence-electron chi connectivity index (χ4n) is 3.35. The monoisotopic (exact) mass is 375 g/mol. The molecule has 0 fully saturated rings. The zero-order chi connectivity index (χ0) is 18.4. The van der Waals surface area contributed by atoms with Crippen molar-refractivity contribution >= 4 is 34.4 Å². The predicted molar refractivity (Wildman–Crippen MR) is 99.6 cm³/mol. The SMILES string of the molecule is COCCn1c(=O)c2c(nc3n2CCN3c2cccc(Cl)c2)n(C)c1=O. The summed E-state index contributed by atoms with van der Waals surface area (Å²) >= 11 is 6.11. The molecule has 26 heavy (non-hydrogen) atoms. The molecule has 4 rings (SSSR count). The number of ether oxygens (including phenoxy) is 1. The largest absolute Gasteiger partial charge is 0.383 e. The van der Waals surface area contributed by atoms with Crippen LogP contribution in [0.2, 0.25) is 5.02 Å². The normalized spacial score (nSPS) is 13.6. The van der Waals surface area contributed by atoms with Gasteiger partial charge in [0.2, 0.25) is 5.95 Å². The second-order valence-corrected chi connectivity index (χ2v) is 6.59. The molecule has 3 heterocycles. The standard InChI is InChI=1S/C17H18ClN5O3/c1-20-14-13(15(24)23(17(20)25)8-9-26-2)22-7-6-21(16(22)19-14)12-5-3-4-11(18)10-12/h3-5,10H,6-9H2,1-2H3. The summed E-state index contributed by atoms with van der Waals surface area (Å²) in [6.07, 6.45) is 0. The maximum Gasteiger partial charge on any atom is 0.332 e. The van der Waals surface area contributed by atoms with Gasteiger partial charge in [0.15, 0.2) is 11.2 Å². The molecule has 0 saturated carbocycles. The van der Waals surface area contributed by atoms with Gasteiger partial charge in [-0.15, -0.1) is 0 Å². The van der Waals surface area contributed by atoms with Crippen LogP contribution in [0.25, 0.3) is 11.2 Å². The van der Waals surface area contributed by atoms with Crippen LogP contribution in [0.3, 0.4) is 0 Å². The Morgan fingerprint density at radius 2 is 2.08 bits per heavy atom. The molecule has 3 aromatic rings. The van der Waals surface area contributed by atoms with E-state index >= 15 is 0 Å². The summed E-state index contributed by atoms with van der Waals surface area (Å²) in [6, 6.07) is 7.47. The van der Waals surface area contributed by atoms with Crippen molar-refractivity contribution in [2.24, 2.45) is 7.05 Å². The van der Waals surface area contributed by atoms with Crippen molar-refractivity contribution in [3.05, 3.63) is 50.1 Å². The Labute approximate surface area is 153 Å². The van der Waals surface area contributed by atoms with Gasteiger partial charge >= 0.3 is 5.69 Å². The third-order valence-electron chi connectivity index (χ3n) is 4.64. The Hall–Kier alpha value is -2.58. The summed E-state index contributed by atoms with van der Waals surface area (Å²) < 4.78 is 9.49. The summed E-state index contributed by atoms with van der Waals surface area (Å²) in [6.45, 7) is 1.78. The van der Waals surface area contributed by atoms with Crippen molar-refractivity contribution in [1.82, 2.24) is 18.7 Å². The molecule has 1 aliphatic heterocycles. The molecular weight excluding hydrogens is 358 g/mol. The van der Waals surface area contributed by atoms with Crippen LogP contribution in [0.1, 0.15) is 0 Å². The van der Waals surface area contributed by atoms with E-state index in [0.29, 0.717) is 35.2 Å². The van der Waals surface area contributed by atoms with Crippen LogP contribution in [0.15, 0.2) is 33.9 Å². The molecule has 1 aliphatic rings. The van der Waals surface area contributed by atoms with E-state index in [2.05, 4.69) is 4.98 Å². The molecule has 136 valence electrons. The minimum atomic E-state index is -0.398. The van der Waals surface area contributed by atoms with Crippen molar-refractivity contribution in [3.8, 4) is 0 Å². The van der Waals surface area contributed by atoms with Crippen LogP contribution in [0.5, 0.6) is 0 Å². The molecule has 2 aromatic heterocycles. The minimum absolute atomic E-state index is 0.205. The first-order valence-corrected chi connectivity index (χ1v) is 8.63. The highest BCUT2D eigenvalue weighted by Gasteiger charge is 2.28. The number of rotatable bonds is 4. The molecule has 0 saturated heterocycles. The van der Waals surface area contributed by atoms with Gasteiger partial charge in [-0.05, 0) is 18.2 Å². The Morgan fingerprint density at radius 1 is 1.27 bits per heavy atom. The van der Waals surface area contributed by atoms with Gasteiger partial charge in [0.1, 0.15) is 0 Å². The lowest BCUT2D eigenvalue weighted by molar-refractivity contribution is 0.184. The smallest absolute Gasteiger partial charge is 0.332 e. The van der Waals surface area contributed by atoms with Crippen LogP contribution < -0.4 is 16.1 Å². The number of hydrogen-bond acceptors (Lipinski definition) is 5. The number of nitrogens with zero attached hydrogens (tertiary/aromatic N) is 5. The van der Waals surface area contributed by atoms with Crippen molar-refractivity contribution in [1.29, 1.82) is 0 Å². The van der Waals surface area contributed by atoms with E-state index in [1.807, 2.05) is 33.7 Å². The zero-order valence-corrected chi connectivity index (χ0v) is 15.2. The number of hydrogen-bond donors (Lipinski definition) is 0. The number of anilines is 2. The second kappa shape index (κ2) is 6.30. The summed E-state index contributed by atoms with van der Waals surface area (Å²) in [5.41, 5.74) is 0.979. The number of aryl methyl sites for hydroxylation is 1. The molecule has 8 nitrogen and oxygen atoms in total. The lowest BCUT2D eigenvalue weighted by atomic mass is 10.3. The maximum atomic E-state index is 12.9. The van der Waals surface area contributed by atoms with Gasteiger partial charge in [-0.3, -0.25) is 13.9 Å². The molecule has 0 spiro atoms. The highest BCUT2D eigenvalue weighted by atomic mass is 35.5. The molecule has 0 aliphatic carbocycles. The number of aromatic nitrogens is 4. The fraction of sp³-hybridized carbons (Fsp3) is 0.353. The van der Waals surface area contributed by atoms with E-state index in [-0.39, 0.29) is 18.7 Å². The van der Waals surface area contributed by atoms with Gasteiger partial charge in [-0.1, -0.05) is 17.7 Å². The van der Waals surface area contributed by atoms with Crippen molar-refractivity contribution in [3.63, 3.8) is 0 Å². The highest BCUT2D eigenvalue weighted by Crippen LogP contribution is 2.32. The first-order chi connectivity index (χ1) is 12.5. The molecule has 1 aromatic carbocycles. The number of imidazole rings is 1. The van der Waals surface area contributed by atoms with Gasteiger partial charge in [-0.25, -0.2) is 4.79 Å². The molecule has 0 atom stereocenters. The summed E-state index contributed by atoms with van der Waals surface area (Å²) in [7, 11) is 3.16. The average molecular weight is 376 g/mol.